The summed E-state index contributed by atoms with van der Waals surface area (Å²) >= 11 is 1.15. The molecule has 2 nitrogen and oxygen atoms in total. The number of rotatable bonds is 2. The predicted octanol–water partition coefficient (Wildman–Crippen LogP) is 2.30. The summed E-state index contributed by atoms with van der Waals surface area (Å²) in [5.74, 6) is 0. The maximum Gasteiger partial charge on any atom is 0.226 e. The Morgan fingerprint density at radius 2 is 2.29 bits per heavy atom. The summed E-state index contributed by atoms with van der Waals surface area (Å²) in [5, 5.41) is 9.54. The lowest BCUT2D eigenvalue weighted by atomic mass is 10.00. The molecule has 74 valence electrons. The number of benzene rings is 1. The van der Waals surface area contributed by atoms with E-state index in [9.17, 15) is 9.90 Å². The molecule has 14 heavy (non-hydrogen) atoms. The molecule has 1 aliphatic rings. The van der Waals surface area contributed by atoms with Gasteiger partial charge in [-0.2, -0.15) is 0 Å². The Labute approximate surface area is 87.3 Å². The summed E-state index contributed by atoms with van der Waals surface area (Å²) in [6.07, 6.45) is 1.05. The molecule has 2 rings (SSSR count). The van der Waals surface area contributed by atoms with E-state index < -0.39 is 6.10 Å². The summed E-state index contributed by atoms with van der Waals surface area (Å²) in [6, 6.07) is 5.83. The highest BCUT2D eigenvalue weighted by Crippen LogP contribution is 2.41. The Hall–Kier alpha value is -0.800. The van der Waals surface area contributed by atoms with Crippen molar-refractivity contribution < 1.29 is 9.90 Å². The lowest BCUT2D eigenvalue weighted by Crippen LogP contribution is -2.04. The molecule has 0 aromatic heterocycles. The van der Waals surface area contributed by atoms with Crippen molar-refractivity contribution in [1.29, 1.82) is 0 Å². The molecule has 1 atom stereocenters. The molecule has 1 aliphatic heterocycles. The molecule has 0 bridgehead atoms. The maximum atomic E-state index is 11.3. The quantitative estimate of drug-likeness (QED) is 0.810. The van der Waals surface area contributed by atoms with Crippen LogP contribution in [0, 0.1) is 0 Å². The second-order valence-corrected chi connectivity index (χ2v) is 4.45. The van der Waals surface area contributed by atoms with Crippen molar-refractivity contribution in [1.82, 2.24) is 0 Å². The zero-order chi connectivity index (χ0) is 10.1. The second-order valence-electron chi connectivity index (χ2n) is 3.40. The standard InChI is InChI=1S/C11H12O2S/c1-2-4-7-5-3-6-8-9(7)10(12)11(13)14-8/h3,5-6,10,12H,2,4H2,1H3. The molecule has 3 heteroatoms. The summed E-state index contributed by atoms with van der Waals surface area (Å²) in [6.45, 7) is 2.09. The average molecular weight is 208 g/mol. The number of aliphatic hydroxyl groups excluding tert-OH is 1. The summed E-state index contributed by atoms with van der Waals surface area (Å²) in [4.78, 5) is 12.2. The van der Waals surface area contributed by atoms with Crippen LogP contribution in [0.1, 0.15) is 30.6 Å². The van der Waals surface area contributed by atoms with Crippen LogP contribution in [0.3, 0.4) is 0 Å². The average Bonchev–Trinajstić information content (AvgIpc) is 2.45. The summed E-state index contributed by atoms with van der Waals surface area (Å²) < 4.78 is 0. The van der Waals surface area contributed by atoms with Crippen molar-refractivity contribution in [2.75, 3.05) is 0 Å². The van der Waals surface area contributed by atoms with Crippen LogP contribution in [-0.4, -0.2) is 10.2 Å². The fourth-order valence-electron chi connectivity index (χ4n) is 1.76. The van der Waals surface area contributed by atoms with Crippen LogP contribution in [0.15, 0.2) is 23.1 Å². The molecule has 1 N–H and O–H groups in total. The van der Waals surface area contributed by atoms with Crippen molar-refractivity contribution in [3.63, 3.8) is 0 Å². The molecular weight excluding hydrogens is 196 g/mol. The Morgan fingerprint density at radius 1 is 1.50 bits per heavy atom. The summed E-state index contributed by atoms with van der Waals surface area (Å²) in [5.41, 5.74) is 1.94. The van der Waals surface area contributed by atoms with Crippen LogP contribution >= 0.6 is 11.8 Å². The minimum absolute atomic E-state index is 0.149. The van der Waals surface area contributed by atoms with Crippen molar-refractivity contribution in [3.05, 3.63) is 29.3 Å². The smallest absolute Gasteiger partial charge is 0.226 e. The molecule has 0 aliphatic carbocycles. The maximum absolute atomic E-state index is 11.3. The fourth-order valence-corrected chi connectivity index (χ4v) is 2.70. The topological polar surface area (TPSA) is 37.3 Å². The van der Waals surface area contributed by atoms with Gasteiger partial charge in [0, 0.05) is 10.5 Å². The Morgan fingerprint density at radius 3 is 3.00 bits per heavy atom. The molecule has 1 unspecified atom stereocenters. The minimum atomic E-state index is -0.905. The number of aliphatic hydroxyl groups is 1. The highest BCUT2D eigenvalue weighted by molar-refractivity contribution is 8.14. The third-order valence-electron chi connectivity index (χ3n) is 2.38. The zero-order valence-corrected chi connectivity index (χ0v) is 8.80. The molecule has 0 saturated heterocycles. The van der Waals surface area contributed by atoms with Gasteiger partial charge in [-0.1, -0.05) is 25.5 Å². The van der Waals surface area contributed by atoms with E-state index in [1.54, 1.807) is 0 Å². The van der Waals surface area contributed by atoms with Crippen molar-refractivity contribution in [2.24, 2.45) is 0 Å². The Kier molecular flexibility index (Phi) is 2.61. The Bertz CT molecular complexity index is 374. The first-order valence-electron chi connectivity index (χ1n) is 4.75. The SMILES string of the molecule is CCCc1cccc2c1C(O)C(=O)S2. The normalized spacial score (nSPS) is 19.9. The third kappa shape index (κ3) is 1.47. The molecule has 0 amide bonds. The van der Waals surface area contributed by atoms with Gasteiger partial charge in [0.05, 0.1) is 0 Å². The molecule has 0 radical (unpaired) electrons. The van der Waals surface area contributed by atoms with Gasteiger partial charge in [0.1, 0.15) is 6.10 Å². The molecule has 0 fully saturated rings. The summed E-state index contributed by atoms with van der Waals surface area (Å²) in [7, 11) is 0. The van der Waals surface area contributed by atoms with Gasteiger partial charge in [0.25, 0.3) is 0 Å². The van der Waals surface area contributed by atoms with Gasteiger partial charge in [-0.3, -0.25) is 4.79 Å². The number of carbonyl (C=O) groups is 1. The number of fused-ring (bicyclic) bond motifs is 1. The van der Waals surface area contributed by atoms with E-state index in [2.05, 4.69) is 6.92 Å². The predicted molar refractivity (Wildman–Crippen MR) is 56.3 cm³/mol. The number of aryl methyl sites for hydroxylation is 1. The third-order valence-corrected chi connectivity index (χ3v) is 3.38. The first-order chi connectivity index (χ1) is 6.74. The van der Waals surface area contributed by atoms with Crippen LogP contribution in [0.4, 0.5) is 0 Å². The van der Waals surface area contributed by atoms with Crippen LogP contribution in [0.2, 0.25) is 0 Å². The van der Waals surface area contributed by atoms with E-state index in [1.165, 1.54) is 0 Å². The lowest BCUT2D eigenvalue weighted by molar-refractivity contribution is -0.118. The molecule has 1 heterocycles. The van der Waals surface area contributed by atoms with E-state index in [0.29, 0.717) is 0 Å². The van der Waals surface area contributed by atoms with Gasteiger partial charge in [-0.25, -0.2) is 0 Å². The molecule has 0 saturated carbocycles. The highest BCUT2D eigenvalue weighted by atomic mass is 32.2. The van der Waals surface area contributed by atoms with Crippen LogP contribution in [0.5, 0.6) is 0 Å². The molecular formula is C11H12O2S. The van der Waals surface area contributed by atoms with Crippen molar-refractivity contribution in [2.45, 2.75) is 30.8 Å². The van der Waals surface area contributed by atoms with E-state index in [-0.39, 0.29) is 5.12 Å². The van der Waals surface area contributed by atoms with Gasteiger partial charge >= 0.3 is 0 Å². The van der Waals surface area contributed by atoms with Crippen molar-refractivity contribution >= 4 is 16.9 Å². The molecule has 0 spiro atoms. The number of carbonyl (C=O) groups excluding carboxylic acids is 1. The van der Waals surface area contributed by atoms with E-state index in [0.717, 1.165) is 40.6 Å². The second kappa shape index (κ2) is 3.75. The van der Waals surface area contributed by atoms with Gasteiger partial charge < -0.3 is 5.11 Å². The molecule has 1 aromatic carbocycles. The van der Waals surface area contributed by atoms with Gasteiger partial charge in [-0.15, -0.1) is 0 Å². The largest absolute Gasteiger partial charge is 0.380 e. The van der Waals surface area contributed by atoms with E-state index in [1.807, 2.05) is 18.2 Å². The Balaban J connectivity index is 2.47. The zero-order valence-electron chi connectivity index (χ0n) is 7.99. The number of thioether (sulfide) groups is 1. The van der Waals surface area contributed by atoms with Crippen LogP contribution in [-0.2, 0) is 11.2 Å². The number of hydrogen-bond donors (Lipinski definition) is 1. The monoisotopic (exact) mass is 208 g/mol. The molecule has 1 aromatic rings. The van der Waals surface area contributed by atoms with E-state index in [4.69, 9.17) is 0 Å². The van der Waals surface area contributed by atoms with Crippen LogP contribution in [0.25, 0.3) is 0 Å². The van der Waals surface area contributed by atoms with Gasteiger partial charge in [0.15, 0.2) is 0 Å². The first-order valence-corrected chi connectivity index (χ1v) is 5.57. The van der Waals surface area contributed by atoms with Gasteiger partial charge in [-0.05, 0) is 29.8 Å². The van der Waals surface area contributed by atoms with E-state index >= 15 is 0 Å². The lowest BCUT2D eigenvalue weighted by Gasteiger charge is -2.08. The first kappa shape index (κ1) is 9.74. The van der Waals surface area contributed by atoms with Crippen LogP contribution < -0.4 is 0 Å². The minimum Gasteiger partial charge on any atom is -0.380 e. The fraction of sp³-hybridized carbons (Fsp3) is 0.364. The van der Waals surface area contributed by atoms with Crippen molar-refractivity contribution in [3.8, 4) is 0 Å². The highest BCUT2D eigenvalue weighted by Gasteiger charge is 2.31. The van der Waals surface area contributed by atoms with Gasteiger partial charge in [0.2, 0.25) is 5.12 Å². The number of hydrogen-bond acceptors (Lipinski definition) is 3.